The summed E-state index contributed by atoms with van der Waals surface area (Å²) in [4.78, 5) is 6.82. The summed E-state index contributed by atoms with van der Waals surface area (Å²) >= 11 is 0. The summed E-state index contributed by atoms with van der Waals surface area (Å²) in [6, 6.07) is 10.8. The number of nitrogens with one attached hydrogen (secondary N) is 1. The highest BCUT2D eigenvalue weighted by Gasteiger charge is 2.28. The predicted molar refractivity (Wildman–Crippen MR) is 78.1 cm³/mol. The third kappa shape index (κ3) is 3.92. The number of nitrogens with zero attached hydrogens (tertiary/aromatic N) is 2. The first-order valence-corrected chi connectivity index (χ1v) is 7.29. The second kappa shape index (κ2) is 6.68. The molecule has 0 atom stereocenters. The van der Waals surface area contributed by atoms with Crippen molar-refractivity contribution in [3.05, 3.63) is 54.2 Å². The van der Waals surface area contributed by atoms with Crippen LogP contribution in [0.4, 0.5) is 0 Å². The fourth-order valence-corrected chi connectivity index (χ4v) is 2.37. The molecule has 0 aromatic carbocycles. The van der Waals surface area contributed by atoms with Gasteiger partial charge in [-0.05, 0) is 37.1 Å². The van der Waals surface area contributed by atoms with Crippen LogP contribution in [-0.2, 0) is 13.1 Å². The van der Waals surface area contributed by atoms with Gasteiger partial charge in [0, 0.05) is 31.9 Å². The molecule has 2 aromatic rings. The zero-order chi connectivity index (χ0) is 13.6. The largest absolute Gasteiger partial charge is 0.468 e. The van der Waals surface area contributed by atoms with Crippen LogP contribution in [0.3, 0.4) is 0 Å². The maximum atomic E-state index is 5.45. The molecule has 2 aromatic heterocycles. The number of rotatable bonds is 8. The Balaban J connectivity index is 1.41. The number of hydrogen-bond donors (Lipinski definition) is 1. The van der Waals surface area contributed by atoms with Crippen LogP contribution in [0.2, 0.25) is 0 Å². The monoisotopic (exact) mass is 271 g/mol. The molecule has 4 heteroatoms. The Bertz CT molecular complexity index is 494. The normalized spacial score (nSPS) is 14.8. The summed E-state index contributed by atoms with van der Waals surface area (Å²) in [5.41, 5.74) is 1.09. The van der Waals surface area contributed by atoms with Gasteiger partial charge >= 0.3 is 0 Å². The fourth-order valence-electron chi connectivity index (χ4n) is 2.37. The summed E-state index contributed by atoms with van der Waals surface area (Å²) < 4.78 is 5.45. The molecule has 1 N–H and O–H groups in total. The summed E-state index contributed by atoms with van der Waals surface area (Å²) in [5.74, 6) is 1.06. The average Bonchev–Trinajstić information content (AvgIpc) is 3.21. The van der Waals surface area contributed by atoms with E-state index < -0.39 is 0 Å². The number of furan rings is 1. The summed E-state index contributed by atoms with van der Waals surface area (Å²) in [7, 11) is 0. The lowest BCUT2D eigenvalue weighted by Crippen LogP contribution is -2.33. The molecule has 0 spiro atoms. The molecule has 0 unspecified atom stereocenters. The minimum absolute atomic E-state index is 0.747. The number of hydrogen-bond acceptors (Lipinski definition) is 4. The summed E-state index contributed by atoms with van der Waals surface area (Å²) in [5, 5.41) is 3.46. The van der Waals surface area contributed by atoms with Crippen LogP contribution in [0, 0.1) is 0 Å². The molecule has 20 heavy (non-hydrogen) atoms. The molecule has 0 aliphatic heterocycles. The van der Waals surface area contributed by atoms with Crippen molar-refractivity contribution in [3.8, 4) is 0 Å². The smallest absolute Gasteiger partial charge is 0.117 e. The van der Waals surface area contributed by atoms with Crippen LogP contribution in [-0.4, -0.2) is 29.0 Å². The van der Waals surface area contributed by atoms with E-state index in [1.165, 1.54) is 12.8 Å². The molecule has 1 fully saturated rings. The molecule has 106 valence electrons. The van der Waals surface area contributed by atoms with Crippen molar-refractivity contribution in [2.24, 2.45) is 0 Å². The molecule has 1 aliphatic rings. The molecule has 0 amide bonds. The van der Waals surface area contributed by atoms with Crippen molar-refractivity contribution < 1.29 is 4.42 Å². The van der Waals surface area contributed by atoms with Crippen molar-refractivity contribution in [2.75, 3.05) is 13.1 Å². The van der Waals surface area contributed by atoms with Crippen LogP contribution >= 0.6 is 0 Å². The van der Waals surface area contributed by atoms with Gasteiger partial charge in [-0.2, -0.15) is 0 Å². The lowest BCUT2D eigenvalue weighted by Gasteiger charge is -2.20. The Kier molecular flexibility index (Phi) is 4.46. The van der Waals surface area contributed by atoms with Gasteiger partial charge in [-0.3, -0.25) is 9.88 Å². The van der Waals surface area contributed by atoms with Crippen LogP contribution in [0.15, 0.2) is 47.2 Å². The zero-order valence-electron chi connectivity index (χ0n) is 11.7. The molecule has 1 aliphatic carbocycles. The molecular formula is C16H21N3O. The van der Waals surface area contributed by atoms with Crippen LogP contribution < -0.4 is 5.32 Å². The van der Waals surface area contributed by atoms with Crippen LogP contribution in [0.5, 0.6) is 0 Å². The van der Waals surface area contributed by atoms with Crippen LogP contribution in [0.25, 0.3) is 0 Å². The van der Waals surface area contributed by atoms with Gasteiger partial charge in [-0.15, -0.1) is 0 Å². The van der Waals surface area contributed by atoms with Crippen molar-refractivity contribution in [2.45, 2.75) is 32.0 Å². The topological polar surface area (TPSA) is 41.3 Å². The van der Waals surface area contributed by atoms with Crippen molar-refractivity contribution in [1.82, 2.24) is 15.2 Å². The second-order valence-corrected chi connectivity index (χ2v) is 5.28. The predicted octanol–water partition coefficient (Wildman–Crippen LogP) is 2.43. The van der Waals surface area contributed by atoms with E-state index in [2.05, 4.69) is 27.3 Å². The Morgan fingerprint density at radius 1 is 1.25 bits per heavy atom. The van der Waals surface area contributed by atoms with Gasteiger partial charge in [0.25, 0.3) is 0 Å². The SMILES string of the molecule is c1ccc(CNCCN(Cc2ccco2)C2CC2)nc1. The number of pyridine rings is 1. The highest BCUT2D eigenvalue weighted by atomic mass is 16.3. The first-order valence-electron chi connectivity index (χ1n) is 7.29. The van der Waals surface area contributed by atoms with E-state index in [-0.39, 0.29) is 0 Å². The second-order valence-electron chi connectivity index (χ2n) is 5.28. The standard InChI is InChI=1S/C16H21N3O/c1-2-8-18-14(4-1)12-17-9-10-19(15-6-7-15)13-16-5-3-11-20-16/h1-5,8,11,15,17H,6-7,9-10,12-13H2. The van der Waals surface area contributed by atoms with E-state index >= 15 is 0 Å². The van der Waals surface area contributed by atoms with Gasteiger partial charge in [0.15, 0.2) is 0 Å². The molecule has 0 saturated heterocycles. The Hall–Kier alpha value is -1.65. The first-order chi connectivity index (χ1) is 9.92. The Labute approximate surface area is 119 Å². The van der Waals surface area contributed by atoms with E-state index in [0.717, 1.165) is 43.7 Å². The lowest BCUT2D eigenvalue weighted by atomic mass is 10.3. The molecule has 3 rings (SSSR count). The van der Waals surface area contributed by atoms with E-state index in [1.54, 1.807) is 6.26 Å². The zero-order valence-corrected chi connectivity index (χ0v) is 11.7. The molecule has 0 bridgehead atoms. The molecule has 0 radical (unpaired) electrons. The average molecular weight is 271 g/mol. The highest BCUT2D eigenvalue weighted by molar-refractivity contribution is 5.03. The maximum Gasteiger partial charge on any atom is 0.117 e. The van der Waals surface area contributed by atoms with Gasteiger partial charge in [0.2, 0.25) is 0 Å². The Morgan fingerprint density at radius 3 is 2.90 bits per heavy atom. The van der Waals surface area contributed by atoms with Gasteiger partial charge in [-0.1, -0.05) is 6.07 Å². The molecular weight excluding hydrogens is 250 g/mol. The summed E-state index contributed by atoms with van der Waals surface area (Å²) in [6.07, 6.45) is 6.23. The molecule has 1 saturated carbocycles. The lowest BCUT2D eigenvalue weighted by molar-refractivity contribution is 0.233. The minimum atomic E-state index is 0.747. The van der Waals surface area contributed by atoms with E-state index in [4.69, 9.17) is 4.42 Å². The minimum Gasteiger partial charge on any atom is -0.468 e. The van der Waals surface area contributed by atoms with Crippen molar-refractivity contribution in [3.63, 3.8) is 0 Å². The highest BCUT2D eigenvalue weighted by Crippen LogP contribution is 2.27. The van der Waals surface area contributed by atoms with E-state index in [0.29, 0.717) is 0 Å². The van der Waals surface area contributed by atoms with E-state index in [9.17, 15) is 0 Å². The van der Waals surface area contributed by atoms with Crippen molar-refractivity contribution in [1.29, 1.82) is 0 Å². The van der Waals surface area contributed by atoms with E-state index in [1.807, 2.05) is 24.4 Å². The van der Waals surface area contributed by atoms with Gasteiger partial charge in [-0.25, -0.2) is 0 Å². The quantitative estimate of drug-likeness (QED) is 0.749. The third-order valence-electron chi connectivity index (χ3n) is 3.61. The molecule has 2 heterocycles. The first kappa shape index (κ1) is 13.3. The maximum absolute atomic E-state index is 5.45. The van der Waals surface area contributed by atoms with Gasteiger partial charge in [0.1, 0.15) is 5.76 Å². The fraction of sp³-hybridized carbons (Fsp3) is 0.438. The number of aromatic nitrogens is 1. The van der Waals surface area contributed by atoms with Gasteiger partial charge in [0.05, 0.1) is 18.5 Å². The van der Waals surface area contributed by atoms with Crippen molar-refractivity contribution >= 4 is 0 Å². The third-order valence-corrected chi connectivity index (χ3v) is 3.61. The summed E-state index contributed by atoms with van der Waals surface area (Å²) in [6.45, 7) is 3.79. The Morgan fingerprint density at radius 2 is 2.20 bits per heavy atom. The molecule has 4 nitrogen and oxygen atoms in total. The van der Waals surface area contributed by atoms with Gasteiger partial charge < -0.3 is 9.73 Å². The van der Waals surface area contributed by atoms with Crippen LogP contribution in [0.1, 0.15) is 24.3 Å².